The quantitative estimate of drug-likeness (QED) is 0.550. The fourth-order valence-electron chi connectivity index (χ4n) is 1.61. The summed E-state index contributed by atoms with van der Waals surface area (Å²) >= 11 is 0. The molecule has 100 valence electrons. The van der Waals surface area contributed by atoms with E-state index < -0.39 is 17.4 Å². The second kappa shape index (κ2) is 5.33. The third-order valence-electron chi connectivity index (χ3n) is 2.30. The topological polar surface area (TPSA) is 54.0 Å². The van der Waals surface area contributed by atoms with Crippen LogP contribution in [-0.2, 0) is 24.0 Å². The van der Waals surface area contributed by atoms with E-state index in [0.717, 1.165) is 6.42 Å². The van der Waals surface area contributed by atoms with Gasteiger partial charge in [0, 0.05) is 6.61 Å². The summed E-state index contributed by atoms with van der Waals surface area (Å²) in [5.74, 6) is -1.89. The minimum atomic E-state index is -1.38. The van der Waals surface area contributed by atoms with Crippen LogP contribution in [-0.4, -0.2) is 30.1 Å². The molecule has 0 aliphatic carbocycles. The van der Waals surface area contributed by atoms with Crippen LogP contribution in [0.3, 0.4) is 0 Å². The van der Waals surface area contributed by atoms with Gasteiger partial charge in [-0.3, -0.25) is 0 Å². The second-order valence-corrected chi connectivity index (χ2v) is 5.06. The minimum Gasteiger partial charge on any atom is -0.456 e. The fourth-order valence-corrected chi connectivity index (χ4v) is 1.61. The molecule has 5 heteroatoms. The highest BCUT2D eigenvalue weighted by Gasteiger charge is 2.60. The maximum atomic E-state index is 12.1. The first-order valence-electron chi connectivity index (χ1n) is 6.07. The molecule has 0 radical (unpaired) electrons. The van der Waals surface area contributed by atoms with E-state index in [1.165, 1.54) is 0 Å². The molecule has 0 bridgehead atoms. The fraction of sp³-hybridized carbons (Fsp3) is 0.917. The Morgan fingerprint density at radius 3 is 2.35 bits per heavy atom. The van der Waals surface area contributed by atoms with Crippen LogP contribution in [0.4, 0.5) is 0 Å². The molecule has 1 rings (SSSR count). The summed E-state index contributed by atoms with van der Waals surface area (Å²) in [6, 6.07) is 0. The van der Waals surface area contributed by atoms with Crippen LogP contribution in [0.1, 0.15) is 47.5 Å². The van der Waals surface area contributed by atoms with Crippen molar-refractivity contribution >= 4 is 5.97 Å². The lowest BCUT2D eigenvalue weighted by Gasteiger charge is -2.44. The van der Waals surface area contributed by atoms with Crippen molar-refractivity contribution in [1.82, 2.24) is 0 Å². The van der Waals surface area contributed by atoms with Gasteiger partial charge in [0.1, 0.15) is 5.60 Å². The highest BCUT2D eigenvalue weighted by Crippen LogP contribution is 2.36. The maximum Gasteiger partial charge on any atom is 0.373 e. The van der Waals surface area contributed by atoms with Gasteiger partial charge in [0.15, 0.2) is 6.10 Å². The molecule has 0 N–H and O–H groups in total. The molecular weight excluding hydrogens is 224 g/mol. The van der Waals surface area contributed by atoms with Gasteiger partial charge in [-0.25, -0.2) is 9.68 Å². The van der Waals surface area contributed by atoms with Crippen molar-refractivity contribution in [3.8, 4) is 0 Å². The number of hydrogen-bond donors (Lipinski definition) is 0. The van der Waals surface area contributed by atoms with Gasteiger partial charge in [0.05, 0.1) is 0 Å². The highest BCUT2D eigenvalue weighted by atomic mass is 17.3. The number of esters is 1. The Morgan fingerprint density at radius 1 is 1.35 bits per heavy atom. The lowest BCUT2D eigenvalue weighted by Crippen LogP contribution is -2.64. The van der Waals surface area contributed by atoms with E-state index in [-0.39, 0.29) is 6.10 Å². The van der Waals surface area contributed by atoms with E-state index in [2.05, 4.69) is 0 Å². The van der Waals surface area contributed by atoms with E-state index >= 15 is 0 Å². The Morgan fingerprint density at radius 2 is 2.00 bits per heavy atom. The monoisotopic (exact) mass is 246 g/mol. The molecule has 0 aromatic heterocycles. The van der Waals surface area contributed by atoms with E-state index in [9.17, 15) is 4.79 Å². The van der Waals surface area contributed by atoms with Crippen molar-refractivity contribution < 1.29 is 24.0 Å². The zero-order chi connectivity index (χ0) is 13.1. The van der Waals surface area contributed by atoms with Crippen molar-refractivity contribution in [3.63, 3.8) is 0 Å². The average molecular weight is 246 g/mol. The van der Waals surface area contributed by atoms with Gasteiger partial charge in [-0.05, 0) is 34.1 Å². The van der Waals surface area contributed by atoms with E-state index in [0.29, 0.717) is 13.0 Å². The smallest absolute Gasteiger partial charge is 0.373 e. The third-order valence-corrected chi connectivity index (χ3v) is 2.30. The number of carbonyl (C=O) groups excluding carboxylic acids is 1. The Labute approximate surface area is 102 Å². The zero-order valence-corrected chi connectivity index (χ0v) is 11.2. The molecule has 5 nitrogen and oxygen atoms in total. The first-order valence-corrected chi connectivity index (χ1v) is 6.07. The number of hydrogen-bond acceptors (Lipinski definition) is 5. The van der Waals surface area contributed by atoms with E-state index in [1.807, 2.05) is 6.92 Å². The van der Waals surface area contributed by atoms with Crippen LogP contribution < -0.4 is 0 Å². The molecule has 17 heavy (non-hydrogen) atoms. The molecule has 0 spiro atoms. The van der Waals surface area contributed by atoms with Crippen LogP contribution in [0.25, 0.3) is 0 Å². The van der Waals surface area contributed by atoms with E-state index in [4.69, 9.17) is 19.2 Å². The Hall–Kier alpha value is -0.650. The Bertz CT molecular complexity index is 271. The SMILES string of the molecule is CCCC1OOC1(OCC)C(=O)OC(C)(C)C. The van der Waals surface area contributed by atoms with Crippen molar-refractivity contribution in [2.45, 2.75) is 65.0 Å². The molecule has 0 amide bonds. The van der Waals surface area contributed by atoms with Crippen molar-refractivity contribution in [1.29, 1.82) is 0 Å². The molecule has 1 heterocycles. The summed E-state index contributed by atoms with van der Waals surface area (Å²) in [6.07, 6.45) is 1.19. The van der Waals surface area contributed by atoms with Crippen LogP contribution in [0, 0.1) is 0 Å². The Kier molecular flexibility index (Phi) is 4.52. The van der Waals surface area contributed by atoms with Gasteiger partial charge in [-0.1, -0.05) is 13.3 Å². The molecule has 2 unspecified atom stereocenters. The lowest BCUT2D eigenvalue weighted by atomic mass is 10.0. The second-order valence-electron chi connectivity index (χ2n) is 5.06. The minimum absolute atomic E-state index is 0.364. The van der Waals surface area contributed by atoms with Gasteiger partial charge in [0.2, 0.25) is 0 Å². The summed E-state index contributed by atoms with van der Waals surface area (Å²) in [7, 11) is 0. The van der Waals surface area contributed by atoms with Gasteiger partial charge in [-0.15, -0.1) is 0 Å². The molecule has 1 aliphatic rings. The standard InChI is InChI=1S/C12H22O5/c1-6-8-9-12(14-7-2,17-16-9)10(13)15-11(3,4)5/h9H,6-8H2,1-5H3. The van der Waals surface area contributed by atoms with Crippen LogP contribution in [0.2, 0.25) is 0 Å². The molecule has 1 aliphatic heterocycles. The summed E-state index contributed by atoms with van der Waals surface area (Å²) in [5.41, 5.74) is -0.573. The van der Waals surface area contributed by atoms with Crippen molar-refractivity contribution in [2.75, 3.05) is 6.61 Å². The molecule has 0 saturated carbocycles. The molecule has 2 atom stereocenters. The van der Waals surface area contributed by atoms with Crippen LogP contribution >= 0.6 is 0 Å². The summed E-state index contributed by atoms with van der Waals surface area (Å²) < 4.78 is 10.7. The third kappa shape index (κ3) is 3.18. The summed E-state index contributed by atoms with van der Waals surface area (Å²) in [4.78, 5) is 22.0. The molecule has 1 fully saturated rings. The van der Waals surface area contributed by atoms with Gasteiger partial charge < -0.3 is 9.47 Å². The largest absolute Gasteiger partial charge is 0.456 e. The number of carbonyl (C=O) groups is 1. The predicted molar refractivity (Wildman–Crippen MR) is 61.1 cm³/mol. The zero-order valence-electron chi connectivity index (χ0n) is 11.2. The van der Waals surface area contributed by atoms with Crippen molar-refractivity contribution in [2.24, 2.45) is 0 Å². The predicted octanol–water partition coefficient (Wildman–Crippen LogP) is 2.19. The van der Waals surface area contributed by atoms with Crippen molar-refractivity contribution in [3.05, 3.63) is 0 Å². The average Bonchev–Trinajstić information content (AvgIpc) is 2.18. The highest BCUT2D eigenvalue weighted by molar-refractivity contribution is 5.79. The Balaban J connectivity index is 2.74. The van der Waals surface area contributed by atoms with Crippen LogP contribution in [0.15, 0.2) is 0 Å². The molecular formula is C12H22O5. The van der Waals surface area contributed by atoms with Crippen LogP contribution in [0.5, 0.6) is 0 Å². The maximum absolute atomic E-state index is 12.1. The van der Waals surface area contributed by atoms with Gasteiger partial charge in [-0.2, -0.15) is 4.89 Å². The van der Waals surface area contributed by atoms with E-state index in [1.54, 1.807) is 27.7 Å². The number of ether oxygens (including phenoxy) is 2. The molecule has 0 aromatic carbocycles. The first kappa shape index (κ1) is 14.4. The normalized spacial score (nSPS) is 28.6. The number of rotatable bonds is 5. The molecule has 0 aromatic rings. The summed E-state index contributed by atoms with van der Waals surface area (Å²) in [5, 5.41) is 0. The summed E-state index contributed by atoms with van der Waals surface area (Å²) in [6.45, 7) is 9.59. The van der Waals surface area contributed by atoms with Gasteiger partial charge in [0.25, 0.3) is 0 Å². The lowest BCUT2D eigenvalue weighted by molar-refractivity contribution is -0.556. The van der Waals surface area contributed by atoms with Gasteiger partial charge >= 0.3 is 11.8 Å². The first-order chi connectivity index (χ1) is 7.85. The molecule has 1 saturated heterocycles.